The van der Waals surface area contributed by atoms with Crippen LogP contribution in [0.3, 0.4) is 0 Å². The highest BCUT2D eigenvalue weighted by molar-refractivity contribution is 5.94. The van der Waals surface area contributed by atoms with Crippen molar-refractivity contribution in [1.82, 2.24) is 20.4 Å². The molecule has 0 unspecified atom stereocenters. The van der Waals surface area contributed by atoms with Crippen molar-refractivity contribution in [3.05, 3.63) is 72.1 Å². The lowest BCUT2D eigenvalue weighted by Crippen LogP contribution is -2.33. The Morgan fingerprint density at radius 3 is 2.24 bits per heavy atom. The highest BCUT2D eigenvalue weighted by Crippen LogP contribution is 2.42. The van der Waals surface area contributed by atoms with Gasteiger partial charge in [-0.2, -0.15) is 26.3 Å². The van der Waals surface area contributed by atoms with Gasteiger partial charge < -0.3 is 14.8 Å². The topological polar surface area (TPSA) is 83.8 Å². The molecule has 2 N–H and O–H groups in total. The Hall–Kier alpha value is -4.09. The van der Waals surface area contributed by atoms with Crippen LogP contribution in [0.2, 0.25) is 0 Å². The second kappa shape index (κ2) is 8.69. The maximum absolute atomic E-state index is 13.6. The molecule has 12 heteroatoms. The quantitative estimate of drug-likeness (QED) is 0.359. The van der Waals surface area contributed by atoms with E-state index >= 15 is 0 Å². The van der Waals surface area contributed by atoms with E-state index in [0.29, 0.717) is 11.1 Å². The van der Waals surface area contributed by atoms with E-state index in [0.717, 1.165) is 0 Å². The number of carbonyl (C=O) groups is 1. The van der Waals surface area contributed by atoms with Crippen molar-refractivity contribution in [2.24, 2.45) is 0 Å². The van der Waals surface area contributed by atoms with Crippen molar-refractivity contribution < 1.29 is 35.7 Å². The molecule has 4 aromatic rings. The van der Waals surface area contributed by atoms with Crippen molar-refractivity contribution in [2.45, 2.75) is 12.4 Å². The number of aromatic nitrogens is 3. The average Bonchev–Trinajstić information content (AvgIpc) is 3.45. The molecule has 2 aromatic carbocycles. The normalized spacial score (nSPS) is 12.1. The van der Waals surface area contributed by atoms with Crippen LogP contribution in [0.4, 0.5) is 26.3 Å². The summed E-state index contributed by atoms with van der Waals surface area (Å²) in [7, 11) is 0. The van der Waals surface area contributed by atoms with E-state index in [1.165, 1.54) is 30.5 Å². The molecule has 0 fully saturated rings. The van der Waals surface area contributed by atoms with Gasteiger partial charge in [0.2, 0.25) is 5.76 Å². The molecule has 34 heavy (non-hydrogen) atoms. The molecule has 0 aliphatic heterocycles. The minimum absolute atomic E-state index is 0.00516. The van der Waals surface area contributed by atoms with Crippen LogP contribution in [0.5, 0.6) is 0 Å². The molecule has 0 aliphatic rings. The van der Waals surface area contributed by atoms with Crippen LogP contribution in [-0.4, -0.2) is 33.8 Å². The monoisotopic (exact) mass is 480 g/mol. The van der Waals surface area contributed by atoms with Gasteiger partial charge in [0.1, 0.15) is 18.1 Å². The number of halogens is 6. The highest BCUT2D eigenvalue weighted by atomic mass is 19.4. The Morgan fingerprint density at radius 1 is 0.941 bits per heavy atom. The number of nitrogens with one attached hydrogen (secondary N) is 2. The summed E-state index contributed by atoms with van der Waals surface area (Å²) < 4.78 is 82.1. The zero-order valence-corrected chi connectivity index (χ0v) is 17.0. The maximum Gasteiger partial charge on any atom is 0.453 e. The Morgan fingerprint density at radius 2 is 1.62 bits per heavy atom. The third kappa shape index (κ3) is 4.95. The molecular formula is C22H14F6N4O2. The number of alkyl halides is 6. The van der Waals surface area contributed by atoms with Crippen LogP contribution in [0, 0.1) is 0 Å². The summed E-state index contributed by atoms with van der Waals surface area (Å²) >= 11 is 0. The van der Waals surface area contributed by atoms with E-state index in [1.54, 1.807) is 35.6 Å². The molecule has 0 saturated heterocycles. The fraction of sp³-hybridized carbons (Fsp3) is 0.136. The summed E-state index contributed by atoms with van der Waals surface area (Å²) in [5, 5.41) is 5.36. The number of rotatable bonds is 5. The zero-order valence-electron chi connectivity index (χ0n) is 17.0. The average molecular weight is 480 g/mol. The standard InChI is InChI=1S/C22H14F6N4O2/c23-21(24,25)11-30-20(33)14-8-6-13(7-9-14)19-29-10-15(31-19)16-17(12-4-2-1-3-5-12)32-34-18(16)22(26,27)28/h1-10H,11H2,(H,29,31)(H,30,33). The first kappa shape index (κ1) is 23.1. The smallest absolute Gasteiger partial charge is 0.350 e. The number of amides is 1. The lowest BCUT2D eigenvalue weighted by molar-refractivity contribution is -0.155. The number of benzene rings is 2. The van der Waals surface area contributed by atoms with E-state index in [9.17, 15) is 31.1 Å². The van der Waals surface area contributed by atoms with Crippen molar-refractivity contribution >= 4 is 5.91 Å². The molecule has 4 rings (SSSR count). The zero-order chi connectivity index (χ0) is 24.5. The lowest BCUT2D eigenvalue weighted by atomic mass is 10.0. The largest absolute Gasteiger partial charge is 0.453 e. The molecule has 0 radical (unpaired) electrons. The van der Waals surface area contributed by atoms with Gasteiger partial charge in [-0.3, -0.25) is 4.79 Å². The minimum Gasteiger partial charge on any atom is -0.350 e. The second-order valence-corrected chi connectivity index (χ2v) is 7.12. The van der Waals surface area contributed by atoms with Crippen molar-refractivity contribution in [3.8, 4) is 33.9 Å². The molecule has 0 bridgehead atoms. The predicted octanol–water partition coefficient (Wildman–Crippen LogP) is 5.71. The summed E-state index contributed by atoms with van der Waals surface area (Å²) in [6.07, 6.45) is -8.17. The van der Waals surface area contributed by atoms with Crippen LogP contribution in [-0.2, 0) is 6.18 Å². The van der Waals surface area contributed by atoms with E-state index < -0.39 is 30.6 Å². The van der Waals surface area contributed by atoms with Gasteiger partial charge in [0, 0.05) is 16.7 Å². The Labute approximate surface area is 187 Å². The number of imidazole rings is 1. The number of carbonyl (C=O) groups excluding carboxylic acids is 1. The highest BCUT2D eigenvalue weighted by Gasteiger charge is 2.41. The minimum atomic E-state index is -4.81. The van der Waals surface area contributed by atoms with Gasteiger partial charge in [0.15, 0.2) is 0 Å². The molecule has 2 aromatic heterocycles. The van der Waals surface area contributed by atoms with Crippen LogP contribution >= 0.6 is 0 Å². The fourth-order valence-corrected chi connectivity index (χ4v) is 3.18. The van der Waals surface area contributed by atoms with Crippen molar-refractivity contribution in [2.75, 3.05) is 6.54 Å². The van der Waals surface area contributed by atoms with E-state index in [2.05, 4.69) is 19.6 Å². The number of H-pyrrole nitrogens is 1. The van der Waals surface area contributed by atoms with Gasteiger partial charge in [-0.25, -0.2) is 4.98 Å². The Balaban J connectivity index is 1.64. The molecule has 0 atom stereocenters. The summed E-state index contributed by atoms with van der Waals surface area (Å²) in [6, 6.07) is 13.5. The lowest BCUT2D eigenvalue weighted by Gasteiger charge is -2.08. The molecule has 6 nitrogen and oxygen atoms in total. The van der Waals surface area contributed by atoms with Crippen LogP contribution < -0.4 is 5.32 Å². The summed E-state index contributed by atoms with van der Waals surface area (Å²) in [5.41, 5.74) is 0.423. The fourth-order valence-electron chi connectivity index (χ4n) is 3.18. The molecule has 0 spiro atoms. The first-order chi connectivity index (χ1) is 16.0. The van der Waals surface area contributed by atoms with Gasteiger partial charge in [-0.15, -0.1) is 0 Å². The Kier molecular flexibility index (Phi) is 5.90. The van der Waals surface area contributed by atoms with Gasteiger partial charge in [0.05, 0.1) is 17.5 Å². The number of nitrogens with zero attached hydrogens (tertiary/aromatic N) is 2. The first-order valence-electron chi connectivity index (χ1n) is 9.66. The van der Waals surface area contributed by atoms with E-state index in [-0.39, 0.29) is 28.3 Å². The molecule has 176 valence electrons. The summed E-state index contributed by atoms with van der Waals surface area (Å²) in [5.74, 6) is -2.04. The predicted molar refractivity (Wildman–Crippen MR) is 108 cm³/mol. The van der Waals surface area contributed by atoms with Gasteiger partial charge in [-0.1, -0.05) is 47.6 Å². The second-order valence-electron chi connectivity index (χ2n) is 7.12. The summed E-state index contributed by atoms with van der Waals surface area (Å²) in [6.45, 7) is -1.47. The van der Waals surface area contributed by atoms with Crippen molar-refractivity contribution in [1.29, 1.82) is 0 Å². The number of hydrogen-bond donors (Lipinski definition) is 2. The van der Waals surface area contributed by atoms with Crippen LogP contribution in [0.25, 0.3) is 33.9 Å². The third-order valence-electron chi connectivity index (χ3n) is 4.71. The molecular weight excluding hydrogens is 466 g/mol. The van der Waals surface area contributed by atoms with E-state index in [1.807, 2.05) is 0 Å². The Bertz CT molecular complexity index is 1290. The molecule has 1 amide bonds. The molecule has 0 saturated carbocycles. The van der Waals surface area contributed by atoms with Gasteiger partial charge in [0.25, 0.3) is 5.91 Å². The van der Waals surface area contributed by atoms with Gasteiger partial charge in [-0.05, 0) is 12.1 Å². The third-order valence-corrected chi connectivity index (χ3v) is 4.71. The van der Waals surface area contributed by atoms with Crippen LogP contribution in [0.1, 0.15) is 16.1 Å². The maximum atomic E-state index is 13.6. The van der Waals surface area contributed by atoms with Gasteiger partial charge >= 0.3 is 12.4 Å². The van der Waals surface area contributed by atoms with E-state index in [4.69, 9.17) is 0 Å². The number of aromatic amines is 1. The van der Waals surface area contributed by atoms with Crippen LogP contribution in [0.15, 0.2) is 65.3 Å². The molecule has 0 aliphatic carbocycles. The summed E-state index contributed by atoms with van der Waals surface area (Å²) in [4.78, 5) is 18.7. The van der Waals surface area contributed by atoms with Crippen molar-refractivity contribution in [3.63, 3.8) is 0 Å². The first-order valence-corrected chi connectivity index (χ1v) is 9.66. The SMILES string of the molecule is O=C(NCC(F)(F)F)c1ccc(-c2ncc(-c3c(-c4ccccc4)noc3C(F)(F)F)[nH]2)cc1. The number of hydrogen-bond acceptors (Lipinski definition) is 4. The molecule has 2 heterocycles.